The van der Waals surface area contributed by atoms with E-state index in [1.807, 2.05) is 6.92 Å². The number of rotatable bonds is 7. The van der Waals surface area contributed by atoms with E-state index in [2.05, 4.69) is 10.0 Å². The lowest BCUT2D eigenvalue weighted by molar-refractivity contribution is 0.100. The maximum absolute atomic E-state index is 12.7. The molecule has 3 rings (SSSR count). The van der Waals surface area contributed by atoms with Crippen LogP contribution >= 0.6 is 11.3 Å². The summed E-state index contributed by atoms with van der Waals surface area (Å²) in [5.74, 6) is -0.584. The van der Waals surface area contributed by atoms with Gasteiger partial charge in [-0.3, -0.25) is 14.3 Å². The van der Waals surface area contributed by atoms with Gasteiger partial charge in [-0.25, -0.2) is 8.42 Å². The zero-order valence-electron chi connectivity index (χ0n) is 17.1. The highest BCUT2D eigenvalue weighted by atomic mass is 32.2. The number of ether oxygens (including phenoxy) is 1. The first-order valence-electron chi connectivity index (χ1n) is 9.10. The second-order valence-corrected chi connectivity index (χ2v) is 9.57. The summed E-state index contributed by atoms with van der Waals surface area (Å²) >= 11 is 1.25. The van der Waals surface area contributed by atoms with E-state index in [4.69, 9.17) is 10.5 Å². The highest BCUT2D eigenvalue weighted by Crippen LogP contribution is 2.32. The van der Waals surface area contributed by atoms with Crippen LogP contribution in [0.1, 0.15) is 31.2 Å². The Hall–Kier alpha value is -3.37. The van der Waals surface area contributed by atoms with Gasteiger partial charge in [0.2, 0.25) is 0 Å². The molecule has 0 fully saturated rings. The van der Waals surface area contributed by atoms with Gasteiger partial charge in [-0.2, -0.15) is 0 Å². The molecule has 1 aromatic heterocycles. The van der Waals surface area contributed by atoms with Crippen LogP contribution in [0.4, 0.5) is 10.7 Å². The van der Waals surface area contributed by atoms with E-state index in [9.17, 15) is 18.0 Å². The average molecular weight is 460 g/mol. The molecule has 2 amide bonds. The zero-order valence-corrected chi connectivity index (χ0v) is 18.7. The van der Waals surface area contributed by atoms with Gasteiger partial charge in [-0.15, -0.1) is 11.3 Å². The van der Waals surface area contributed by atoms with Gasteiger partial charge < -0.3 is 15.8 Å². The van der Waals surface area contributed by atoms with Crippen molar-refractivity contribution in [3.05, 3.63) is 70.1 Å². The number of sulfonamides is 1. The van der Waals surface area contributed by atoms with Crippen LogP contribution in [0.2, 0.25) is 0 Å². The first-order valence-corrected chi connectivity index (χ1v) is 11.4. The standard InChI is InChI=1S/C21H21N3O5S2/c1-12-13(2)30-21(18(12)19(22)25)23-20(26)14-5-4-6-15(11-14)24-31(27,28)17-9-7-16(29-3)8-10-17/h4-11,24H,1-3H3,(H2,22,25)(H,23,26). The minimum Gasteiger partial charge on any atom is -0.497 e. The first kappa shape index (κ1) is 22.3. The molecule has 31 heavy (non-hydrogen) atoms. The fraction of sp³-hybridized carbons (Fsp3) is 0.143. The summed E-state index contributed by atoms with van der Waals surface area (Å²) in [7, 11) is -2.37. The molecular weight excluding hydrogens is 438 g/mol. The first-order chi connectivity index (χ1) is 14.6. The number of benzene rings is 2. The van der Waals surface area contributed by atoms with Gasteiger partial charge in [-0.1, -0.05) is 6.07 Å². The Balaban J connectivity index is 1.82. The number of carbonyl (C=O) groups is 2. The Morgan fingerprint density at radius 3 is 2.35 bits per heavy atom. The third kappa shape index (κ3) is 4.86. The highest BCUT2D eigenvalue weighted by Gasteiger charge is 2.20. The lowest BCUT2D eigenvalue weighted by Gasteiger charge is -2.10. The summed E-state index contributed by atoms with van der Waals surface area (Å²) in [5, 5.41) is 3.05. The van der Waals surface area contributed by atoms with Crippen LogP contribution in [0.5, 0.6) is 5.75 Å². The Bertz CT molecular complexity index is 1250. The van der Waals surface area contributed by atoms with Gasteiger partial charge >= 0.3 is 0 Å². The molecule has 4 N–H and O–H groups in total. The van der Waals surface area contributed by atoms with Crippen molar-refractivity contribution in [1.29, 1.82) is 0 Å². The third-order valence-corrected chi connectivity index (χ3v) is 7.13. The lowest BCUT2D eigenvalue weighted by Crippen LogP contribution is -2.18. The summed E-state index contributed by atoms with van der Waals surface area (Å²) < 4.78 is 32.8. The highest BCUT2D eigenvalue weighted by molar-refractivity contribution is 7.92. The van der Waals surface area contributed by atoms with Crippen LogP contribution in [0.3, 0.4) is 0 Å². The number of nitrogens with one attached hydrogen (secondary N) is 2. The number of thiophene rings is 1. The molecular formula is C21H21N3O5S2. The topological polar surface area (TPSA) is 128 Å². The van der Waals surface area contributed by atoms with E-state index in [0.29, 0.717) is 16.3 Å². The molecule has 3 aromatic rings. The molecule has 0 atom stereocenters. The summed E-state index contributed by atoms with van der Waals surface area (Å²) in [4.78, 5) is 25.4. The van der Waals surface area contributed by atoms with E-state index < -0.39 is 21.8 Å². The zero-order chi connectivity index (χ0) is 22.8. The largest absolute Gasteiger partial charge is 0.497 e. The Labute approximate surface area is 184 Å². The van der Waals surface area contributed by atoms with E-state index >= 15 is 0 Å². The molecule has 0 aliphatic heterocycles. The quantitative estimate of drug-likeness (QED) is 0.498. The van der Waals surface area contributed by atoms with Gasteiger partial charge in [0.25, 0.3) is 21.8 Å². The van der Waals surface area contributed by atoms with Crippen molar-refractivity contribution in [1.82, 2.24) is 0 Å². The molecule has 0 saturated heterocycles. The molecule has 1 heterocycles. The number of hydrogen-bond acceptors (Lipinski definition) is 6. The second-order valence-electron chi connectivity index (χ2n) is 6.67. The number of methoxy groups -OCH3 is 1. The predicted octanol–water partition coefficient (Wildman–Crippen LogP) is 3.53. The van der Waals surface area contributed by atoms with Gasteiger partial charge in [0.15, 0.2) is 0 Å². The molecule has 8 nitrogen and oxygen atoms in total. The van der Waals surface area contributed by atoms with E-state index in [0.717, 1.165) is 4.88 Å². The second kappa shape index (κ2) is 8.78. The normalized spacial score (nSPS) is 11.1. The van der Waals surface area contributed by atoms with Crippen molar-refractivity contribution in [2.24, 2.45) is 5.73 Å². The van der Waals surface area contributed by atoms with Crippen molar-refractivity contribution in [3.8, 4) is 5.75 Å². The smallest absolute Gasteiger partial charge is 0.261 e. The molecule has 0 unspecified atom stereocenters. The fourth-order valence-electron chi connectivity index (χ4n) is 2.88. The summed E-state index contributed by atoms with van der Waals surface area (Å²) in [5.41, 5.74) is 6.87. The Morgan fingerprint density at radius 1 is 1.06 bits per heavy atom. The predicted molar refractivity (Wildman–Crippen MR) is 121 cm³/mol. The number of aryl methyl sites for hydroxylation is 1. The minimum absolute atomic E-state index is 0.0544. The molecule has 162 valence electrons. The fourth-order valence-corrected chi connectivity index (χ4v) is 4.99. The van der Waals surface area contributed by atoms with Gasteiger partial charge in [-0.05, 0) is 61.9 Å². The minimum atomic E-state index is -3.86. The average Bonchev–Trinajstić information content (AvgIpc) is 3.01. The SMILES string of the molecule is COc1ccc(S(=O)(=O)Nc2cccc(C(=O)Nc3sc(C)c(C)c3C(N)=O)c2)cc1. The number of carbonyl (C=O) groups excluding carboxylic acids is 2. The molecule has 0 radical (unpaired) electrons. The maximum atomic E-state index is 12.7. The van der Waals surface area contributed by atoms with Crippen molar-refractivity contribution >= 4 is 43.9 Å². The number of anilines is 2. The molecule has 0 saturated carbocycles. The van der Waals surface area contributed by atoms with Gasteiger partial charge in [0.05, 0.1) is 17.6 Å². The number of nitrogens with two attached hydrogens (primary N) is 1. The number of hydrogen-bond donors (Lipinski definition) is 3. The van der Waals surface area contributed by atoms with E-state index in [1.165, 1.54) is 48.8 Å². The van der Waals surface area contributed by atoms with Crippen LogP contribution in [0.15, 0.2) is 53.4 Å². The van der Waals surface area contributed by atoms with Crippen molar-refractivity contribution in [2.45, 2.75) is 18.7 Å². The van der Waals surface area contributed by atoms with Gasteiger partial charge in [0, 0.05) is 16.1 Å². The summed E-state index contributed by atoms with van der Waals surface area (Å²) in [6.45, 7) is 3.59. The van der Waals surface area contributed by atoms with Crippen molar-refractivity contribution < 1.29 is 22.7 Å². The molecule has 0 bridgehead atoms. The summed E-state index contributed by atoms with van der Waals surface area (Å²) in [6.07, 6.45) is 0. The van der Waals surface area contributed by atoms with Crippen molar-refractivity contribution in [3.63, 3.8) is 0 Å². The monoisotopic (exact) mass is 459 g/mol. The third-order valence-electron chi connectivity index (χ3n) is 4.61. The molecule has 0 spiro atoms. The van der Waals surface area contributed by atoms with Gasteiger partial charge in [0.1, 0.15) is 10.8 Å². The molecule has 0 aliphatic carbocycles. The maximum Gasteiger partial charge on any atom is 0.261 e. The van der Waals surface area contributed by atoms with Crippen LogP contribution in [0, 0.1) is 13.8 Å². The molecule has 0 aliphatic rings. The van der Waals surface area contributed by atoms with Crippen LogP contribution in [0.25, 0.3) is 0 Å². The van der Waals surface area contributed by atoms with E-state index in [1.54, 1.807) is 25.1 Å². The van der Waals surface area contributed by atoms with Crippen LogP contribution < -0.4 is 20.5 Å². The lowest BCUT2D eigenvalue weighted by atomic mass is 10.1. The van der Waals surface area contributed by atoms with Crippen LogP contribution in [-0.2, 0) is 10.0 Å². The van der Waals surface area contributed by atoms with E-state index in [-0.39, 0.29) is 21.7 Å². The number of primary amides is 1. The Morgan fingerprint density at radius 2 is 1.74 bits per heavy atom. The summed E-state index contributed by atoms with van der Waals surface area (Å²) in [6, 6.07) is 12.0. The van der Waals surface area contributed by atoms with Crippen molar-refractivity contribution in [2.75, 3.05) is 17.1 Å². The molecule has 10 heteroatoms. The number of amides is 2. The molecule has 2 aromatic carbocycles. The Kier molecular flexibility index (Phi) is 6.32. The van der Waals surface area contributed by atoms with Crippen LogP contribution in [-0.4, -0.2) is 27.3 Å².